The maximum absolute atomic E-state index is 15.5. The van der Waals surface area contributed by atoms with Crippen LogP contribution in [0.15, 0.2) is 52.2 Å². The molecular formula is C24H33FN3O9P. The van der Waals surface area contributed by atoms with Gasteiger partial charge in [-0.05, 0) is 32.4 Å². The minimum absolute atomic E-state index is 0.160. The van der Waals surface area contributed by atoms with Crippen molar-refractivity contribution in [3.05, 3.63) is 63.4 Å². The number of carbonyl (C=O) groups is 1. The second-order valence-electron chi connectivity index (χ2n) is 9.06. The van der Waals surface area contributed by atoms with Crippen LogP contribution in [0, 0.1) is 0 Å². The van der Waals surface area contributed by atoms with E-state index in [4.69, 9.17) is 18.5 Å². The summed E-state index contributed by atoms with van der Waals surface area (Å²) in [5.41, 5.74) is -4.11. The Morgan fingerprint density at radius 3 is 2.66 bits per heavy atom. The molecule has 3 rings (SSSR count). The number of para-hydroxylation sites is 1. The second kappa shape index (κ2) is 12.8. The van der Waals surface area contributed by atoms with Crippen LogP contribution in [0.25, 0.3) is 0 Å². The number of aliphatic hydroxyl groups is 1. The predicted octanol–water partition coefficient (Wildman–Crippen LogP) is 2.44. The van der Waals surface area contributed by atoms with Crippen LogP contribution < -0.4 is 20.9 Å². The maximum atomic E-state index is 15.5. The number of carbonyl (C=O) groups excluding carboxylic acids is 1. The Morgan fingerprint density at radius 1 is 1.29 bits per heavy atom. The third-order valence-corrected chi connectivity index (χ3v) is 7.54. The summed E-state index contributed by atoms with van der Waals surface area (Å²) in [7, 11) is -4.31. The van der Waals surface area contributed by atoms with Gasteiger partial charge in [-0.3, -0.25) is 23.7 Å². The van der Waals surface area contributed by atoms with Crippen LogP contribution in [0.1, 0.15) is 46.3 Å². The Bertz CT molecular complexity index is 1240. The number of nitrogens with one attached hydrogen (secondary N) is 2. The minimum atomic E-state index is -4.31. The Balaban J connectivity index is 1.74. The zero-order valence-electron chi connectivity index (χ0n) is 21.4. The molecule has 0 amide bonds. The van der Waals surface area contributed by atoms with Crippen molar-refractivity contribution in [3.63, 3.8) is 0 Å². The number of alkyl halides is 1. The number of hydrogen-bond acceptors (Lipinski definition) is 9. The molecule has 14 heteroatoms. The molecular weight excluding hydrogens is 524 g/mol. The van der Waals surface area contributed by atoms with Gasteiger partial charge in [0.25, 0.3) is 5.56 Å². The highest BCUT2D eigenvalue weighted by Gasteiger charge is 2.55. The number of ether oxygens (including phenoxy) is 2. The first-order valence-corrected chi connectivity index (χ1v) is 13.8. The largest absolute Gasteiger partial charge is 0.465 e. The molecule has 0 saturated carbocycles. The highest BCUT2D eigenvalue weighted by atomic mass is 31.2. The third kappa shape index (κ3) is 7.39. The lowest BCUT2D eigenvalue weighted by molar-refractivity contribution is -0.145. The van der Waals surface area contributed by atoms with Gasteiger partial charge in [0.05, 0.1) is 13.2 Å². The number of halogens is 1. The molecule has 1 saturated heterocycles. The van der Waals surface area contributed by atoms with Crippen molar-refractivity contribution in [1.82, 2.24) is 14.6 Å². The Labute approximate surface area is 218 Å². The van der Waals surface area contributed by atoms with Gasteiger partial charge in [0.2, 0.25) is 0 Å². The number of aromatic nitrogens is 2. The number of rotatable bonds is 13. The lowest BCUT2D eigenvalue weighted by Crippen LogP contribution is -2.43. The summed E-state index contributed by atoms with van der Waals surface area (Å²) in [5, 5.41) is 13.1. The SMILES string of the molecule is CCCCCOC(=O)[C@H](C)NP(=O)(OC[C@H]1O[C@@H](n2ccc(=O)[nH]c2=O)[C@@](C)(F)[C@@H]1O)Oc1ccccc1. The molecule has 210 valence electrons. The Kier molecular flexibility index (Phi) is 10.0. The molecule has 3 N–H and O–H groups in total. The fourth-order valence-corrected chi connectivity index (χ4v) is 5.29. The van der Waals surface area contributed by atoms with Crippen molar-refractivity contribution in [1.29, 1.82) is 0 Å². The molecule has 0 spiro atoms. The molecule has 1 aromatic heterocycles. The van der Waals surface area contributed by atoms with E-state index >= 15 is 4.39 Å². The van der Waals surface area contributed by atoms with Crippen molar-refractivity contribution < 1.29 is 37.4 Å². The number of esters is 1. The van der Waals surface area contributed by atoms with Gasteiger partial charge in [-0.15, -0.1) is 0 Å². The standard InChI is InChI=1S/C24H33FN3O9P/c1-4-5-9-14-34-21(31)16(2)27-38(33,37-17-10-7-6-8-11-17)35-15-18-20(30)24(3,25)22(36-18)28-13-12-19(29)26-23(28)32/h6-8,10-13,16,18,20,22,30H,4-5,9,14-15H2,1-3H3,(H,27,33)(H,26,29,32)/t16-,18+,20+,22+,24-,38?/m0/s1. The van der Waals surface area contributed by atoms with Crippen LogP contribution in [0.5, 0.6) is 5.75 Å². The summed E-state index contributed by atoms with van der Waals surface area (Å²) in [4.78, 5) is 37.9. The van der Waals surface area contributed by atoms with Gasteiger partial charge in [-0.2, -0.15) is 5.09 Å². The van der Waals surface area contributed by atoms with Crippen LogP contribution >= 0.6 is 7.75 Å². The zero-order valence-corrected chi connectivity index (χ0v) is 22.3. The van der Waals surface area contributed by atoms with Gasteiger partial charge in [-0.1, -0.05) is 38.0 Å². The molecule has 1 fully saturated rings. The van der Waals surface area contributed by atoms with E-state index in [1.165, 1.54) is 19.1 Å². The van der Waals surface area contributed by atoms with Gasteiger partial charge in [-0.25, -0.2) is 13.8 Å². The predicted molar refractivity (Wildman–Crippen MR) is 134 cm³/mol. The van der Waals surface area contributed by atoms with Crippen LogP contribution in [0.4, 0.5) is 4.39 Å². The normalized spacial score (nSPS) is 25.4. The zero-order chi connectivity index (χ0) is 27.9. The van der Waals surface area contributed by atoms with Crippen molar-refractivity contribution in [2.24, 2.45) is 0 Å². The number of hydrogen-bond donors (Lipinski definition) is 3. The molecule has 1 aliphatic rings. The van der Waals surface area contributed by atoms with E-state index in [-0.39, 0.29) is 12.4 Å². The molecule has 0 bridgehead atoms. The molecule has 2 aromatic rings. The van der Waals surface area contributed by atoms with Crippen molar-refractivity contribution in [2.45, 2.75) is 70.2 Å². The Morgan fingerprint density at radius 2 is 2.00 bits per heavy atom. The van der Waals surface area contributed by atoms with E-state index in [0.717, 1.165) is 36.6 Å². The monoisotopic (exact) mass is 557 g/mol. The smallest absolute Gasteiger partial charge is 0.459 e. The maximum Gasteiger partial charge on any atom is 0.459 e. The number of unbranched alkanes of at least 4 members (excludes halogenated alkanes) is 2. The van der Waals surface area contributed by atoms with Gasteiger partial charge in [0.1, 0.15) is 24.0 Å². The molecule has 0 aliphatic carbocycles. The summed E-state index contributed by atoms with van der Waals surface area (Å²) in [5.74, 6) is -0.514. The average Bonchev–Trinajstić information content (AvgIpc) is 3.09. The number of benzene rings is 1. The lowest BCUT2D eigenvalue weighted by Gasteiger charge is -2.25. The lowest BCUT2D eigenvalue weighted by atomic mass is 9.98. The van der Waals surface area contributed by atoms with Crippen LogP contribution in [-0.4, -0.2) is 57.8 Å². The van der Waals surface area contributed by atoms with E-state index in [2.05, 4.69) is 5.09 Å². The molecule has 0 radical (unpaired) electrons. The van der Waals surface area contributed by atoms with Crippen LogP contribution in [0.3, 0.4) is 0 Å². The number of nitrogens with zero attached hydrogens (tertiary/aromatic N) is 1. The molecule has 2 heterocycles. The van der Waals surface area contributed by atoms with Crippen LogP contribution in [-0.2, 0) is 23.4 Å². The number of aliphatic hydroxyl groups excluding tert-OH is 1. The fraction of sp³-hybridized carbons (Fsp3) is 0.542. The Hall–Kier alpha value is -2.83. The highest BCUT2D eigenvalue weighted by Crippen LogP contribution is 2.47. The minimum Gasteiger partial charge on any atom is -0.465 e. The third-order valence-electron chi connectivity index (χ3n) is 5.90. The van der Waals surface area contributed by atoms with E-state index in [1.54, 1.807) is 18.2 Å². The topological polar surface area (TPSA) is 158 Å². The molecule has 6 atom stereocenters. The van der Waals surface area contributed by atoms with E-state index < -0.39 is 61.7 Å². The van der Waals surface area contributed by atoms with E-state index in [1.807, 2.05) is 11.9 Å². The number of H-pyrrole nitrogens is 1. The van der Waals surface area contributed by atoms with Gasteiger partial charge in [0.15, 0.2) is 11.9 Å². The van der Waals surface area contributed by atoms with Crippen molar-refractivity contribution >= 4 is 13.7 Å². The summed E-state index contributed by atoms with van der Waals surface area (Å²) in [6.07, 6.45) is -1.26. The van der Waals surface area contributed by atoms with E-state index in [9.17, 15) is 24.1 Å². The average molecular weight is 558 g/mol. The summed E-state index contributed by atoms with van der Waals surface area (Å²) >= 11 is 0. The number of aromatic amines is 1. The molecule has 1 aromatic carbocycles. The first-order valence-electron chi connectivity index (χ1n) is 12.2. The fourth-order valence-electron chi connectivity index (χ4n) is 3.78. The summed E-state index contributed by atoms with van der Waals surface area (Å²) in [6, 6.07) is 7.93. The van der Waals surface area contributed by atoms with Gasteiger partial charge < -0.3 is 19.1 Å². The summed E-state index contributed by atoms with van der Waals surface area (Å²) in [6.45, 7) is 4.02. The molecule has 38 heavy (non-hydrogen) atoms. The van der Waals surface area contributed by atoms with Crippen LogP contribution in [0.2, 0.25) is 0 Å². The van der Waals surface area contributed by atoms with Gasteiger partial charge in [0, 0.05) is 12.3 Å². The van der Waals surface area contributed by atoms with Crippen molar-refractivity contribution in [3.8, 4) is 5.75 Å². The highest BCUT2D eigenvalue weighted by molar-refractivity contribution is 7.52. The first-order chi connectivity index (χ1) is 18.0. The summed E-state index contributed by atoms with van der Waals surface area (Å²) < 4.78 is 51.7. The first kappa shape index (κ1) is 29.7. The molecule has 1 aliphatic heterocycles. The molecule has 12 nitrogen and oxygen atoms in total. The van der Waals surface area contributed by atoms with E-state index in [0.29, 0.717) is 6.42 Å². The second-order valence-corrected chi connectivity index (χ2v) is 10.8. The van der Waals surface area contributed by atoms with Crippen molar-refractivity contribution in [2.75, 3.05) is 13.2 Å². The quantitative estimate of drug-likeness (QED) is 0.190. The molecule has 1 unspecified atom stereocenters. The van der Waals surface area contributed by atoms with Gasteiger partial charge >= 0.3 is 19.4 Å².